The van der Waals surface area contributed by atoms with Crippen LogP contribution in [0.25, 0.3) is 5.82 Å². The van der Waals surface area contributed by atoms with Gasteiger partial charge < -0.3 is 19.7 Å². The first-order valence-corrected chi connectivity index (χ1v) is 11.1. The van der Waals surface area contributed by atoms with Crippen molar-refractivity contribution in [3.63, 3.8) is 0 Å². The van der Waals surface area contributed by atoms with Crippen molar-refractivity contribution in [2.45, 2.75) is 39.5 Å². The van der Waals surface area contributed by atoms with Crippen LogP contribution in [0.4, 0.5) is 11.5 Å². The van der Waals surface area contributed by atoms with Crippen LogP contribution in [-0.4, -0.2) is 53.0 Å². The number of ether oxygens (including phenoxy) is 2. The van der Waals surface area contributed by atoms with E-state index in [1.165, 1.54) is 12.8 Å². The molecular weight excluding hydrogens is 420 g/mol. The monoisotopic (exact) mass is 450 g/mol. The summed E-state index contributed by atoms with van der Waals surface area (Å²) in [6.07, 6.45) is 4.89. The summed E-state index contributed by atoms with van der Waals surface area (Å²) in [5.74, 6) is 2.79. The lowest BCUT2D eigenvalue weighted by molar-refractivity contribution is -0.116. The predicted molar refractivity (Wildman–Crippen MR) is 127 cm³/mol. The topological polar surface area (TPSA) is 94.4 Å². The highest BCUT2D eigenvalue weighted by Gasteiger charge is 2.18. The van der Waals surface area contributed by atoms with Crippen LogP contribution in [0.5, 0.6) is 11.5 Å². The lowest BCUT2D eigenvalue weighted by Gasteiger charge is -2.16. The number of carbonyl (C=O) groups excluding carboxylic acids is 1. The Hall–Kier alpha value is -3.62. The van der Waals surface area contributed by atoms with Crippen LogP contribution in [0.1, 0.15) is 36.2 Å². The number of nitrogens with one attached hydrogen (secondary N) is 1. The lowest BCUT2D eigenvalue weighted by Crippen LogP contribution is -2.19. The van der Waals surface area contributed by atoms with E-state index in [9.17, 15) is 4.79 Å². The van der Waals surface area contributed by atoms with Gasteiger partial charge in [0.1, 0.15) is 12.1 Å². The van der Waals surface area contributed by atoms with Crippen molar-refractivity contribution in [2.75, 3.05) is 37.5 Å². The van der Waals surface area contributed by atoms with Crippen molar-refractivity contribution in [2.24, 2.45) is 0 Å². The molecule has 4 rings (SSSR count). The first-order valence-electron chi connectivity index (χ1n) is 11.1. The Balaban J connectivity index is 1.45. The summed E-state index contributed by atoms with van der Waals surface area (Å²) >= 11 is 0. The maximum atomic E-state index is 12.6. The second-order valence-electron chi connectivity index (χ2n) is 8.11. The van der Waals surface area contributed by atoms with Crippen LogP contribution < -0.4 is 19.7 Å². The number of nitrogens with zero attached hydrogens (tertiary/aromatic N) is 5. The third-order valence-electron chi connectivity index (χ3n) is 6.00. The molecule has 0 unspecified atom stereocenters. The quantitative estimate of drug-likeness (QED) is 0.562. The molecule has 33 heavy (non-hydrogen) atoms. The number of aromatic nitrogens is 4. The number of anilines is 2. The van der Waals surface area contributed by atoms with E-state index in [1.807, 2.05) is 24.6 Å². The molecule has 1 aliphatic rings. The van der Waals surface area contributed by atoms with E-state index >= 15 is 0 Å². The Labute approximate surface area is 193 Å². The number of aryl methyl sites for hydroxylation is 1. The minimum Gasteiger partial charge on any atom is -0.493 e. The van der Waals surface area contributed by atoms with Crippen molar-refractivity contribution in [3.8, 4) is 17.3 Å². The van der Waals surface area contributed by atoms with E-state index < -0.39 is 0 Å². The van der Waals surface area contributed by atoms with Gasteiger partial charge in [-0.15, -0.1) is 0 Å². The number of rotatable bonds is 8. The van der Waals surface area contributed by atoms with Crippen LogP contribution >= 0.6 is 0 Å². The average molecular weight is 451 g/mol. The molecule has 0 atom stereocenters. The molecule has 9 heteroatoms. The molecule has 1 aromatic carbocycles. The van der Waals surface area contributed by atoms with Gasteiger partial charge in [-0.2, -0.15) is 5.10 Å². The Morgan fingerprint density at radius 1 is 1.03 bits per heavy atom. The van der Waals surface area contributed by atoms with E-state index in [2.05, 4.69) is 20.2 Å². The van der Waals surface area contributed by atoms with Gasteiger partial charge in [0.15, 0.2) is 17.3 Å². The van der Waals surface area contributed by atoms with Crippen molar-refractivity contribution in [1.82, 2.24) is 19.7 Å². The lowest BCUT2D eigenvalue weighted by atomic mass is 10.1. The normalized spacial score (nSPS) is 13.3. The van der Waals surface area contributed by atoms with Crippen LogP contribution in [0.2, 0.25) is 0 Å². The summed E-state index contributed by atoms with van der Waals surface area (Å²) in [5, 5.41) is 7.62. The molecule has 9 nitrogen and oxygen atoms in total. The summed E-state index contributed by atoms with van der Waals surface area (Å²) in [6, 6.07) is 7.29. The van der Waals surface area contributed by atoms with Gasteiger partial charge >= 0.3 is 0 Å². The summed E-state index contributed by atoms with van der Waals surface area (Å²) in [4.78, 5) is 23.7. The summed E-state index contributed by atoms with van der Waals surface area (Å²) in [6.45, 7) is 6.02. The zero-order valence-corrected chi connectivity index (χ0v) is 19.6. The third kappa shape index (κ3) is 4.92. The number of benzene rings is 1. The molecule has 1 aliphatic heterocycles. The van der Waals surface area contributed by atoms with Crippen molar-refractivity contribution in [1.29, 1.82) is 0 Å². The van der Waals surface area contributed by atoms with Crippen LogP contribution in [0, 0.1) is 13.8 Å². The van der Waals surface area contributed by atoms with E-state index in [0.29, 0.717) is 30.0 Å². The first-order chi connectivity index (χ1) is 16.0. The second kappa shape index (κ2) is 9.89. The minimum atomic E-state index is -0.0767. The van der Waals surface area contributed by atoms with E-state index in [-0.39, 0.29) is 5.91 Å². The molecule has 3 aromatic rings. The molecular formula is C24H30N6O3. The van der Waals surface area contributed by atoms with Crippen LogP contribution in [-0.2, 0) is 11.2 Å². The van der Waals surface area contributed by atoms with Gasteiger partial charge in [0.25, 0.3) is 0 Å². The number of carbonyl (C=O) groups is 1. The van der Waals surface area contributed by atoms with Gasteiger partial charge in [-0.25, -0.2) is 14.6 Å². The van der Waals surface area contributed by atoms with Gasteiger partial charge in [-0.1, -0.05) is 0 Å². The molecule has 2 aromatic heterocycles. The van der Waals surface area contributed by atoms with Crippen molar-refractivity contribution in [3.05, 3.63) is 47.5 Å². The largest absolute Gasteiger partial charge is 0.493 e. The Bertz CT molecular complexity index is 1140. The smallest absolute Gasteiger partial charge is 0.224 e. The Morgan fingerprint density at radius 2 is 1.76 bits per heavy atom. The molecule has 3 heterocycles. The van der Waals surface area contributed by atoms with Gasteiger partial charge in [-0.3, -0.25) is 4.79 Å². The fourth-order valence-electron chi connectivity index (χ4n) is 4.21. The fourth-order valence-corrected chi connectivity index (χ4v) is 4.21. The van der Waals surface area contributed by atoms with Gasteiger partial charge in [0.2, 0.25) is 5.91 Å². The van der Waals surface area contributed by atoms with Gasteiger partial charge in [0, 0.05) is 43.0 Å². The number of hydrogen-bond donors (Lipinski definition) is 1. The predicted octanol–water partition coefficient (Wildman–Crippen LogP) is 3.47. The molecule has 1 saturated heterocycles. The maximum absolute atomic E-state index is 12.6. The van der Waals surface area contributed by atoms with Gasteiger partial charge in [0.05, 0.1) is 19.9 Å². The summed E-state index contributed by atoms with van der Waals surface area (Å²) in [7, 11) is 3.15. The number of hydrogen-bond acceptors (Lipinski definition) is 7. The number of methoxy groups -OCH3 is 2. The summed E-state index contributed by atoms with van der Waals surface area (Å²) in [5.41, 5.74) is 3.60. The Kier molecular flexibility index (Phi) is 6.76. The van der Waals surface area contributed by atoms with Crippen molar-refractivity contribution < 1.29 is 14.3 Å². The molecule has 0 bridgehead atoms. The van der Waals surface area contributed by atoms with Crippen LogP contribution in [0.3, 0.4) is 0 Å². The Morgan fingerprint density at radius 3 is 2.48 bits per heavy atom. The molecule has 0 aliphatic carbocycles. The van der Waals surface area contributed by atoms with Crippen molar-refractivity contribution >= 4 is 17.4 Å². The standard InChI is InChI=1S/C24H30N6O3/c1-16-19(8-10-24(31)27-18-7-9-20(32-3)21(13-18)33-4)17(2)30(28-16)23-14-22(25-15-26-23)29-11-5-6-12-29/h7,9,13-15H,5-6,8,10-12H2,1-4H3,(H,27,31). The molecule has 0 saturated carbocycles. The molecule has 1 fully saturated rings. The first kappa shape index (κ1) is 22.6. The summed E-state index contributed by atoms with van der Waals surface area (Å²) < 4.78 is 12.4. The molecule has 1 amide bonds. The van der Waals surface area contributed by atoms with E-state index in [1.54, 1.807) is 38.7 Å². The fraction of sp³-hybridized carbons (Fsp3) is 0.417. The maximum Gasteiger partial charge on any atom is 0.224 e. The zero-order valence-electron chi connectivity index (χ0n) is 19.6. The molecule has 0 spiro atoms. The van der Waals surface area contributed by atoms with E-state index in [4.69, 9.17) is 14.6 Å². The molecule has 1 N–H and O–H groups in total. The SMILES string of the molecule is COc1ccc(NC(=O)CCc2c(C)nn(-c3cc(N4CCCC4)ncn3)c2C)cc1OC. The molecule has 174 valence electrons. The van der Waals surface area contributed by atoms with Gasteiger partial charge in [-0.05, 0) is 50.8 Å². The zero-order chi connectivity index (χ0) is 23.4. The minimum absolute atomic E-state index is 0.0767. The van der Waals surface area contributed by atoms with E-state index in [0.717, 1.165) is 41.7 Å². The highest BCUT2D eigenvalue weighted by Crippen LogP contribution is 2.30. The van der Waals surface area contributed by atoms with Crippen LogP contribution in [0.15, 0.2) is 30.6 Å². The number of amides is 1. The molecule has 0 radical (unpaired) electrons. The highest BCUT2D eigenvalue weighted by molar-refractivity contribution is 5.91. The third-order valence-corrected chi connectivity index (χ3v) is 6.00. The average Bonchev–Trinajstić information content (AvgIpc) is 3.46. The second-order valence-corrected chi connectivity index (χ2v) is 8.11. The highest BCUT2D eigenvalue weighted by atomic mass is 16.5.